The maximum atomic E-state index is 14.2. The number of carbonyl (C=O) groups excluding carboxylic acids is 1. The van der Waals surface area contributed by atoms with E-state index in [0.717, 1.165) is 25.0 Å². The van der Waals surface area contributed by atoms with Crippen molar-refractivity contribution in [1.29, 1.82) is 0 Å². The minimum Gasteiger partial charge on any atom is -0.374 e. The molecule has 2 aromatic rings. The summed E-state index contributed by atoms with van der Waals surface area (Å²) in [6.45, 7) is 0. The molecule has 1 atom stereocenters. The first-order valence-electron chi connectivity index (χ1n) is 9.34. The van der Waals surface area contributed by atoms with Gasteiger partial charge in [0.2, 0.25) is 5.91 Å². The lowest BCUT2D eigenvalue weighted by atomic mass is 9.86. The highest BCUT2D eigenvalue weighted by molar-refractivity contribution is 6.48. The zero-order valence-corrected chi connectivity index (χ0v) is 19.0. The lowest BCUT2D eigenvalue weighted by Crippen LogP contribution is -2.42. The van der Waals surface area contributed by atoms with E-state index in [1.807, 2.05) is 0 Å². The second-order valence-electron chi connectivity index (χ2n) is 7.47. The lowest BCUT2D eigenvalue weighted by Gasteiger charge is -2.30. The first kappa shape index (κ1) is 23.3. The van der Waals surface area contributed by atoms with E-state index in [9.17, 15) is 18.0 Å². The largest absolute Gasteiger partial charge is 0.435 e. The Morgan fingerprint density at radius 1 is 1.06 bits per heavy atom. The fourth-order valence-electron chi connectivity index (χ4n) is 3.22. The van der Waals surface area contributed by atoms with Crippen LogP contribution in [-0.2, 0) is 15.2 Å². The van der Waals surface area contributed by atoms with Crippen LogP contribution in [0.2, 0.25) is 20.1 Å². The quantitative estimate of drug-likeness (QED) is 0.335. The lowest BCUT2D eigenvalue weighted by molar-refractivity contribution is -0.275. The van der Waals surface area contributed by atoms with Crippen LogP contribution in [0.25, 0.3) is 0 Å². The maximum absolute atomic E-state index is 14.2. The van der Waals surface area contributed by atoms with E-state index in [-0.39, 0.29) is 43.2 Å². The van der Waals surface area contributed by atoms with E-state index < -0.39 is 18.2 Å². The molecule has 0 spiro atoms. The van der Waals surface area contributed by atoms with E-state index in [4.69, 9.17) is 51.2 Å². The molecule has 2 N–H and O–H groups in total. The molecule has 2 aliphatic rings. The Kier molecular flexibility index (Phi) is 6.17. The normalized spacial score (nSPS) is 20.5. The van der Waals surface area contributed by atoms with Crippen molar-refractivity contribution in [2.24, 2.45) is 11.1 Å². The average Bonchev–Trinajstić information content (AvgIpc) is 3.48. The molecule has 5 nitrogen and oxygen atoms in total. The second kappa shape index (κ2) is 8.48. The molecule has 1 amide bonds. The molecule has 12 heteroatoms. The van der Waals surface area contributed by atoms with Crippen LogP contribution in [0.15, 0.2) is 35.5 Å². The van der Waals surface area contributed by atoms with E-state index in [1.54, 1.807) is 0 Å². The predicted molar refractivity (Wildman–Crippen MR) is 117 cm³/mol. The number of oxime groups is 1. The van der Waals surface area contributed by atoms with E-state index in [1.165, 1.54) is 18.2 Å². The number of alkyl halides is 3. The van der Waals surface area contributed by atoms with Gasteiger partial charge >= 0.3 is 6.18 Å². The monoisotopic (exact) mass is 525 g/mol. The Hall–Kier alpha value is -1.87. The van der Waals surface area contributed by atoms with Crippen molar-refractivity contribution in [2.45, 2.75) is 31.0 Å². The third-order valence-electron chi connectivity index (χ3n) is 5.20. The summed E-state index contributed by atoms with van der Waals surface area (Å²) in [6, 6.07) is 6.58. The molecule has 1 saturated carbocycles. The highest BCUT2D eigenvalue weighted by Gasteiger charge is 2.62. The Balaban J connectivity index is 1.62. The van der Waals surface area contributed by atoms with E-state index in [0.29, 0.717) is 11.3 Å². The number of anilines is 1. The van der Waals surface area contributed by atoms with Crippen molar-refractivity contribution < 1.29 is 22.8 Å². The van der Waals surface area contributed by atoms with E-state index >= 15 is 0 Å². The fraction of sp³-hybridized carbons (Fsp3) is 0.300. The van der Waals surface area contributed by atoms with Crippen molar-refractivity contribution in [2.75, 3.05) is 5.43 Å². The summed E-state index contributed by atoms with van der Waals surface area (Å²) in [4.78, 5) is 16.8. The minimum atomic E-state index is -4.84. The molecule has 1 unspecified atom stereocenters. The number of benzene rings is 2. The van der Waals surface area contributed by atoms with Gasteiger partial charge in [-0.1, -0.05) is 57.6 Å². The first-order valence-corrected chi connectivity index (χ1v) is 10.9. The Morgan fingerprint density at radius 3 is 2.31 bits per heavy atom. The Bertz CT molecular complexity index is 1100. The number of nitrogens with one attached hydrogen (secondary N) is 2. The number of rotatable bonds is 5. The third kappa shape index (κ3) is 4.33. The van der Waals surface area contributed by atoms with Crippen LogP contribution >= 0.6 is 46.4 Å². The summed E-state index contributed by atoms with van der Waals surface area (Å²) < 4.78 is 42.6. The standard InChI is InChI=1S/C20H14Cl4F3N3O2/c21-12-4-3-10(5-15(12)28-29-18(31)9-1-2-9)16-8-19(32-30-16,20(25,26)27)11-6-13(22)17(24)14(23)7-11/h3-7,9,28H,1-2,8H2,(H,29,31). The van der Waals surface area contributed by atoms with Crippen LogP contribution in [0.4, 0.5) is 18.9 Å². The molecule has 1 aliphatic heterocycles. The zero-order valence-electron chi connectivity index (χ0n) is 16.0. The predicted octanol–water partition coefficient (Wildman–Crippen LogP) is 6.74. The third-order valence-corrected chi connectivity index (χ3v) is 6.73. The van der Waals surface area contributed by atoms with Gasteiger partial charge in [-0.05, 0) is 37.1 Å². The van der Waals surface area contributed by atoms with Gasteiger partial charge in [0.25, 0.3) is 5.60 Å². The summed E-state index contributed by atoms with van der Waals surface area (Å²) in [5.74, 6) is -0.219. The summed E-state index contributed by atoms with van der Waals surface area (Å²) in [5, 5.41) is 3.63. The maximum Gasteiger partial charge on any atom is 0.435 e. The number of hydrazine groups is 1. The summed E-state index contributed by atoms with van der Waals surface area (Å²) >= 11 is 23.9. The van der Waals surface area contributed by atoms with Gasteiger partial charge in [0.15, 0.2) is 0 Å². The molecule has 32 heavy (non-hydrogen) atoms. The van der Waals surface area contributed by atoms with Crippen molar-refractivity contribution in [3.8, 4) is 0 Å². The molecule has 0 saturated heterocycles. The number of hydrogen-bond acceptors (Lipinski definition) is 4. The van der Waals surface area contributed by atoms with Gasteiger partial charge in [0.1, 0.15) is 0 Å². The molecule has 2 aromatic carbocycles. The van der Waals surface area contributed by atoms with Crippen LogP contribution in [0.3, 0.4) is 0 Å². The SMILES string of the molecule is O=C(NNc1cc(C2=NOC(c3cc(Cl)c(Cl)c(Cl)c3)(C(F)(F)F)C2)ccc1Cl)C1CC1. The van der Waals surface area contributed by atoms with Crippen LogP contribution in [-0.4, -0.2) is 17.8 Å². The van der Waals surface area contributed by atoms with Gasteiger partial charge in [-0.15, -0.1) is 0 Å². The molecule has 1 fully saturated rings. The Labute approximate surface area is 200 Å². The van der Waals surface area contributed by atoms with E-state index in [2.05, 4.69) is 16.0 Å². The smallest absolute Gasteiger partial charge is 0.374 e. The van der Waals surface area contributed by atoms with Crippen LogP contribution < -0.4 is 10.9 Å². The molecule has 4 rings (SSSR count). The number of halogens is 7. The minimum absolute atomic E-state index is 0.0257. The van der Waals surface area contributed by atoms with Crippen molar-refractivity contribution in [3.63, 3.8) is 0 Å². The van der Waals surface area contributed by atoms with Gasteiger partial charge < -0.3 is 4.84 Å². The molecular formula is C20H14Cl4F3N3O2. The fourth-order valence-corrected chi connectivity index (χ4v) is 3.99. The van der Waals surface area contributed by atoms with Crippen molar-refractivity contribution in [3.05, 3.63) is 61.5 Å². The summed E-state index contributed by atoms with van der Waals surface area (Å²) in [7, 11) is 0. The molecule has 170 valence electrons. The highest BCUT2D eigenvalue weighted by Crippen LogP contribution is 2.50. The summed E-state index contributed by atoms with van der Waals surface area (Å²) in [5.41, 5.74) is 2.78. The number of carbonyl (C=O) groups is 1. The Morgan fingerprint density at radius 2 is 1.72 bits per heavy atom. The molecule has 0 radical (unpaired) electrons. The van der Waals surface area contributed by atoms with Gasteiger partial charge in [0.05, 0.1) is 31.5 Å². The summed E-state index contributed by atoms with van der Waals surface area (Å²) in [6.07, 6.45) is -3.86. The van der Waals surface area contributed by atoms with Crippen molar-refractivity contribution in [1.82, 2.24) is 5.43 Å². The van der Waals surface area contributed by atoms with Crippen LogP contribution in [0.1, 0.15) is 30.4 Å². The first-order chi connectivity index (χ1) is 15.0. The number of nitrogens with zero attached hydrogens (tertiary/aromatic N) is 1. The van der Waals surface area contributed by atoms with Crippen molar-refractivity contribution >= 4 is 63.7 Å². The van der Waals surface area contributed by atoms with Gasteiger partial charge in [0, 0.05) is 23.5 Å². The zero-order chi connectivity index (χ0) is 23.3. The van der Waals surface area contributed by atoms with Crippen LogP contribution in [0, 0.1) is 5.92 Å². The average molecular weight is 527 g/mol. The second-order valence-corrected chi connectivity index (χ2v) is 9.07. The molecular weight excluding hydrogens is 513 g/mol. The van der Waals surface area contributed by atoms with Gasteiger partial charge in [-0.3, -0.25) is 15.6 Å². The highest BCUT2D eigenvalue weighted by atomic mass is 35.5. The van der Waals surface area contributed by atoms with Gasteiger partial charge in [-0.25, -0.2) is 0 Å². The molecule has 0 aromatic heterocycles. The molecule has 0 bridgehead atoms. The van der Waals surface area contributed by atoms with Crippen LogP contribution in [0.5, 0.6) is 0 Å². The van der Waals surface area contributed by atoms with Gasteiger partial charge in [-0.2, -0.15) is 13.2 Å². The topological polar surface area (TPSA) is 62.7 Å². The molecule has 1 aliphatic carbocycles. The number of hydrogen-bond donors (Lipinski definition) is 2. The number of amides is 1. The molecule has 1 heterocycles.